The summed E-state index contributed by atoms with van der Waals surface area (Å²) in [7, 11) is 0. The molecule has 0 aliphatic heterocycles. The van der Waals surface area contributed by atoms with E-state index >= 15 is 0 Å². The van der Waals surface area contributed by atoms with E-state index in [-0.39, 0.29) is 257 Å². The number of nitrogens with two attached hydrogens (primary N) is 7. The highest BCUT2D eigenvalue weighted by Gasteiger charge is 2.26. The molecule has 43 heteroatoms. The van der Waals surface area contributed by atoms with Crippen molar-refractivity contribution in [3.05, 3.63) is 0 Å². The average Bonchev–Trinajstić information content (AvgIpc) is 0.965. The number of aliphatic hydroxyl groups excluding tert-OH is 16. The fourth-order valence-corrected chi connectivity index (χ4v) is 7.93. The van der Waals surface area contributed by atoms with Crippen molar-refractivity contribution >= 4 is 0 Å². The molecule has 0 aromatic rings. The van der Waals surface area contributed by atoms with Gasteiger partial charge in [-0.25, -0.2) is 0 Å². The fraction of sp³-hybridized carbons (Fsp3) is 1.00. The van der Waals surface area contributed by atoms with Gasteiger partial charge in [0.05, 0.1) is 287 Å². The first kappa shape index (κ1) is 104. The topological polar surface area (TPSA) is 690 Å². The number of hydrogen-bond acceptors (Lipinski definition) is 43. The molecule has 0 bridgehead atoms. The Balaban J connectivity index is 7.26. The molecule has 30 N–H and O–H groups in total. The molecule has 106 heavy (non-hydrogen) atoms. The van der Waals surface area contributed by atoms with Gasteiger partial charge in [0.2, 0.25) is 0 Å². The van der Waals surface area contributed by atoms with Crippen LogP contribution in [0.15, 0.2) is 0 Å². The average molecular weight is 1570 g/mol. The second-order valence-corrected chi connectivity index (χ2v) is 24.9. The molecule has 0 aliphatic carbocycles. The van der Waals surface area contributed by atoms with Crippen LogP contribution >= 0.6 is 0 Å². The second kappa shape index (κ2) is 71.1. The summed E-state index contributed by atoms with van der Waals surface area (Å²) in [6.07, 6.45) is -20.1. The van der Waals surface area contributed by atoms with Gasteiger partial charge in [0.25, 0.3) is 0 Å². The Morgan fingerprint density at radius 1 is 0.160 bits per heavy atom. The zero-order valence-corrected chi connectivity index (χ0v) is 61.2. The van der Waals surface area contributed by atoms with Gasteiger partial charge in [0.15, 0.2) is 0 Å². The number of aliphatic hydroxyl groups is 16. The van der Waals surface area contributed by atoms with Gasteiger partial charge in [-0.1, -0.05) is 0 Å². The molecule has 0 aliphatic rings. The Labute approximate surface area is 620 Å². The van der Waals surface area contributed by atoms with Crippen LogP contribution in [-0.2, 0) is 94.7 Å². The number of ether oxygens (including phenoxy) is 20. The van der Waals surface area contributed by atoms with Gasteiger partial charge in [0, 0.05) is 32.7 Å². The third kappa shape index (κ3) is 62.8. The molecule has 43 nitrogen and oxygen atoms in total. The Morgan fingerprint density at radius 2 is 0.330 bits per heavy atom. The molecule has 21 unspecified atom stereocenters. The van der Waals surface area contributed by atoms with E-state index in [0.717, 1.165) is 0 Å². The number of rotatable bonds is 82. The van der Waals surface area contributed by atoms with E-state index in [0.29, 0.717) is 0 Å². The predicted molar refractivity (Wildman–Crippen MR) is 370 cm³/mol. The Hall–Kier alpha value is -1.72. The summed E-state index contributed by atoms with van der Waals surface area (Å²) in [4.78, 5) is 0. The van der Waals surface area contributed by atoms with E-state index in [2.05, 4.69) is 0 Å². The molecule has 0 rings (SSSR count). The van der Waals surface area contributed by atoms with Crippen LogP contribution in [0.4, 0.5) is 0 Å². The van der Waals surface area contributed by atoms with Gasteiger partial charge < -0.3 is 217 Å². The van der Waals surface area contributed by atoms with Crippen LogP contribution in [0.5, 0.6) is 0 Å². The Bertz CT molecular complexity index is 1870. The van der Waals surface area contributed by atoms with E-state index < -0.39 is 148 Å². The second-order valence-electron chi connectivity index (χ2n) is 24.9. The third-order valence-corrected chi connectivity index (χ3v) is 13.9. The normalized spacial score (nSPS) is 18.4. The lowest BCUT2D eigenvalue weighted by atomic mass is 10.3. The molecular weight excluding hydrogens is 1430 g/mol. The molecule has 638 valence electrons. The van der Waals surface area contributed by atoms with Crippen molar-refractivity contribution in [1.29, 1.82) is 0 Å². The van der Waals surface area contributed by atoms with E-state index in [1.54, 1.807) is 0 Å². The fourth-order valence-electron chi connectivity index (χ4n) is 7.93. The first-order valence-corrected chi connectivity index (χ1v) is 35.4. The van der Waals surface area contributed by atoms with E-state index in [9.17, 15) is 81.7 Å². The van der Waals surface area contributed by atoms with Gasteiger partial charge in [-0.05, 0) is 0 Å². The van der Waals surface area contributed by atoms with Crippen LogP contribution < -0.4 is 40.1 Å². The maximum Gasteiger partial charge on any atom is 0.104 e. The summed E-state index contributed by atoms with van der Waals surface area (Å²) in [6, 6.07) is -1.39. The minimum absolute atomic E-state index is 0.0354. The summed E-state index contributed by atoms with van der Waals surface area (Å²) >= 11 is 0. The zero-order chi connectivity index (χ0) is 79.0. The van der Waals surface area contributed by atoms with E-state index in [4.69, 9.17) is 135 Å². The maximum atomic E-state index is 11.1. The van der Waals surface area contributed by atoms with Gasteiger partial charge in [-0.15, -0.1) is 0 Å². The van der Waals surface area contributed by atoms with Crippen molar-refractivity contribution in [3.63, 3.8) is 0 Å². The lowest BCUT2D eigenvalue weighted by Gasteiger charge is -2.27. The lowest BCUT2D eigenvalue weighted by molar-refractivity contribution is -0.150. The number of hydrogen-bond donors (Lipinski definition) is 23. The van der Waals surface area contributed by atoms with Crippen LogP contribution in [0.1, 0.15) is 0 Å². The van der Waals surface area contributed by atoms with E-state index in [1.165, 1.54) is 0 Å². The van der Waals surface area contributed by atoms with Crippen molar-refractivity contribution in [2.24, 2.45) is 40.1 Å². The zero-order valence-electron chi connectivity index (χ0n) is 61.2. The summed E-state index contributed by atoms with van der Waals surface area (Å²) in [6.45, 7) is -10.1. The smallest absolute Gasteiger partial charge is 0.104 e. The minimum atomic E-state index is -1.33. The van der Waals surface area contributed by atoms with Crippen LogP contribution in [-0.4, -0.2) is 487 Å². The van der Waals surface area contributed by atoms with Crippen molar-refractivity contribution < 1.29 is 176 Å². The molecule has 0 heterocycles. The first-order chi connectivity index (χ1) is 51.0. The molecule has 21 atom stereocenters. The van der Waals surface area contributed by atoms with Crippen molar-refractivity contribution in [1.82, 2.24) is 0 Å². The molecule has 0 amide bonds. The molecule has 0 saturated heterocycles. The highest BCUT2D eigenvalue weighted by atomic mass is 16.6. The molecule has 0 aromatic heterocycles. The van der Waals surface area contributed by atoms with Crippen molar-refractivity contribution in [2.75, 3.05) is 277 Å². The SMILES string of the molecule is NCC(O)COCC(O)COCC(COCC(COCC(COCC(COCC(O)CN)OCC(O)COCC(N)CO)OCC(O)CO)OCC(COCC(COCC(O)COCC(O)CN)OCC(O)COCC(O)CN)OCC(O)COCC(CO)OCC(N)CO)OCC(O)COCC(O)CN. The molecule has 0 saturated carbocycles. The van der Waals surface area contributed by atoms with Crippen LogP contribution in [0, 0.1) is 0 Å². The quantitative estimate of drug-likeness (QED) is 0.0269. The Morgan fingerprint density at radius 3 is 0.566 bits per heavy atom. The molecular formula is C63H135N7O36. The Kier molecular flexibility index (Phi) is 69.9. The summed E-state index contributed by atoms with van der Waals surface area (Å²) < 4.78 is 116. The largest absolute Gasteiger partial charge is 0.395 e. The van der Waals surface area contributed by atoms with Gasteiger partial charge in [0.1, 0.15) is 85.5 Å². The highest BCUT2D eigenvalue weighted by Crippen LogP contribution is 2.11. The lowest BCUT2D eigenvalue weighted by Crippen LogP contribution is -2.39. The molecule has 0 aromatic carbocycles. The summed E-state index contributed by atoms with van der Waals surface area (Å²) in [5.41, 5.74) is 38.8. The van der Waals surface area contributed by atoms with Crippen LogP contribution in [0.3, 0.4) is 0 Å². The van der Waals surface area contributed by atoms with Crippen molar-refractivity contribution in [2.45, 2.75) is 128 Å². The van der Waals surface area contributed by atoms with Gasteiger partial charge in [-0.3, -0.25) is 0 Å². The predicted octanol–water partition coefficient (Wildman–Crippen LogP) is -14.4. The highest BCUT2D eigenvalue weighted by molar-refractivity contribution is 4.72. The third-order valence-electron chi connectivity index (χ3n) is 13.9. The maximum absolute atomic E-state index is 11.1. The summed E-state index contributed by atoms with van der Waals surface area (Å²) in [5, 5.41) is 162. The van der Waals surface area contributed by atoms with Gasteiger partial charge in [-0.2, -0.15) is 0 Å². The van der Waals surface area contributed by atoms with E-state index in [1.807, 2.05) is 0 Å². The molecule has 0 spiro atoms. The van der Waals surface area contributed by atoms with Crippen LogP contribution in [0.2, 0.25) is 0 Å². The monoisotopic (exact) mass is 1570 g/mol. The molecule has 0 radical (unpaired) electrons. The summed E-state index contributed by atoms with van der Waals surface area (Å²) in [5.74, 6) is 0. The van der Waals surface area contributed by atoms with Crippen LogP contribution in [0.25, 0.3) is 0 Å². The first-order valence-electron chi connectivity index (χ1n) is 35.4. The van der Waals surface area contributed by atoms with Crippen molar-refractivity contribution in [3.8, 4) is 0 Å². The standard InChI is InChI=1S/C63H135N7O36/c64-1-45(75)12-88-17-51(81)19-94-32-59(103-27-54(84)22-90-14-47(77)3-66)35-97-39-62(40-98-38-61(101-25-50(80)8-73)37-96-34-58(31-92-16-49(79)5-68)102-26-53(83)21-87-10-43(69)6-71)106-42-63(105-29-56(86)24-93-30-57(9-74)100-11-44(70)7-72)41-99-36-60(104-28-55(85)23-91-15-48(78)4-67)33-95-20-52(82)18-89-13-46(76)2-65/h43-63,71-86H,1-42,64-70H2. The molecule has 0 fully saturated rings. The van der Waals surface area contributed by atoms with Gasteiger partial charge >= 0.3 is 0 Å². The minimum Gasteiger partial charge on any atom is -0.395 e.